The van der Waals surface area contributed by atoms with Gasteiger partial charge in [-0.25, -0.2) is 4.79 Å². The molecule has 7 heteroatoms. The summed E-state index contributed by atoms with van der Waals surface area (Å²) >= 11 is 0. The molecule has 0 aromatic carbocycles. The molecule has 0 amide bonds. The lowest BCUT2D eigenvalue weighted by atomic mass is 10.0. The fraction of sp³-hybridized carbons (Fsp3) is 0.353. The summed E-state index contributed by atoms with van der Waals surface area (Å²) in [5.74, 6) is -0.387. The van der Waals surface area contributed by atoms with Crippen LogP contribution >= 0.6 is 0 Å². The van der Waals surface area contributed by atoms with Crippen LogP contribution in [-0.2, 0) is 9.53 Å². The van der Waals surface area contributed by atoms with Crippen molar-refractivity contribution in [2.75, 3.05) is 11.9 Å². The van der Waals surface area contributed by atoms with Crippen molar-refractivity contribution in [3.63, 3.8) is 0 Å². The number of nitrogens with zero attached hydrogens (tertiary/aromatic N) is 2. The zero-order valence-electron chi connectivity index (χ0n) is 13.8. The van der Waals surface area contributed by atoms with E-state index in [1.54, 1.807) is 25.4 Å². The summed E-state index contributed by atoms with van der Waals surface area (Å²) in [4.78, 5) is 16.6. The lowest BCUT2D eigenvalue weighted by Gasteiger charge is -2.26. The molecule has 1 aromatic heterocycles. The Balaban J connectivity index is 2.03. The van der Waals surface area contributed by atoms with Crippen LogP contribution in [0.15, 0.2) is 35.4 Å². The molecule has 1 unspecified atom stereocenters. The Morgan fingerprint density at radius 2 is 2.33 bits per heavy atom. The summed E-state index contributed by atoms with van der Waals surface area (Å²) in [7, 11) is 0. The lowest BCUT2D eigenvalue weighted by molar-refractivity contribution is -0.138. The van der Waals surface area contributed by atoms with Crippen LogP contribution in [0.3, 0.4) is 0 Å². The largest absolute Gasteiger partial charge is 0.462 e. The topological polar surface area (TPSA) is 99.1 Å². The van der Waals surface area contributed by atoms with Crippen molar-refractivity contribution in [1.82, 2.24) is 15.6 Å². The SMILES string of the molecule is CCOC(=O)C1=CNC2C(=C1NC(C)C)Nc1cc(C#N)cnc12. The minimum Gasteiger partial charge on any atom is -0.462 e. The second-order valence-corrected chi connectivity index (χ2v) is 5.86. The van der Waals surface area contributed by atoms with Gasteiger partial charge in [-0.2, -0.15) is 5.26 Å². The molecule has 2 aliphatic heterocycles. The Hall–Kier alpha value is -3.01. The van der Waals surface area contributed by atoms with Crippen molar-refractivity contribution < 1.29 is 9.53 Å². The highest BCUT2D eigenvalue weighted by atomic mass is 16.5. The number of carbonyl (C=O) groups is 1. The Labute approximate surface area is 140 Å². The number of nitriles is 1. The number of aromatic nitrogens is 1. The predicted octanol–water partition coefficient (Wildman–Crippen LogP) is 1.68. The van der Waals surface area contributed by atoms with Gasteiger partial charge in [0.2, 0.25) is 0 Å². The third-order valence-corrected chi connectivity index (χ3v) is 3.74. The van der Waals surface area contributed by atoms with E-state index in [1.807, 2.05) is 13.8 Å². The summed E-state index contributed by atoms with van der Waals surface area (Å²) in [5, 5.41) is 18.8. The molecule has 3 heterocycles. The molecule has 0 saturated heterocycles. The number of pyridine rings is 1. The van der Waals surface area contributed by atoms with Crippen LogP contribution in [0.25, 0.3) is 0 Å². The van der Waals surface area contributed by atoms with Gasteiger partial charge in [0.25, 0.3) is 0 Å². The van der Waals surface area contributed by atoms with Crippen molar-refractivity contribution in [1.29, 1.82) is 5.26 Å². The van der Waals surface area contributed by atoms with E-state index in [0.29, 0.717) is 23.4 Å². The Morgan fingerprint density at radius 3 is 3.00 bits per heavy atom. The van der Waals surface area contributed by atoms with E-state index in [2.05, 4.69) is 27.0 Å². The first-order valence-corrected chi connectivity index (χ1v) is 7.86. The Bertz CT molecular complexity index is 789. The monoisotopic (exact) mass is 325 g/mol. The van der Waals surface area contributed by atoms with Gasteiger partial charge in [0.15, 0.2) is 0 Å². The number of esters is 1. The molecular weight excluding hydrogens is 306 g/mol. The van der Waals surface area contributed by atoms with E-state index < -0.39 is 0 Å². The second kappa shape index (κ2) is 6.24. The van der Waals surface area contributed by atoms with Gasteiger partial charge in [0, 0.05) is 18.4 Å². The van der Waals surface area contributed by atoms with Gasteiger partial charge >= 0.3 is 5.97 Å². The molecule has 124 valence electrons. The fourth-order valence-electron chi connectivity index (χ4n) is 2.79. The molecule has 0 saturated carbocycles. The average molecular weight is 325 g/mol. The van der Waals surface area contributed by atoms with Crippen LogP contribution in [0.1, 0.15) is 38.1 Å². The molecule has 7 nitrogen and oxygen atoms in total. The van der Waals surface area contributed by atoms with Crippen LogP contribution in [0.4, 0.5) is 5.69 Å². The first kappa shape index (κ1) is 15.9. The molecule has 1 atom stereocenters. The van der Waals surface area contributed by atoms with E-state index >= 15 is 0 Å². The number of dihydropyridines is 1. The summed E-state index contributed by atoms with van der Waals surface area (Å²) in [5.41, 5.74) is 4.00. The lowest BCUT2D eigenvalue weighted by Crippen LogP contribution is -2.35. The summed E-state index contributed by atoms with van der Waals surface area (Å²) in [6.07, 6.45) is 3.21. The van der Waals surface area contributed by atoms with E-state index in [1.165, 1.54) is 0 Å². The highest BCUT2D eigenvalue weighted by molar-refractivity contribution is 5.94. The number of anilines is 1. The van der Waals surface area contributed by atoms with Crippen LogP contribution in [0, 0.1) is 11.3 Å². The second-order valence-electron chi connectivity index (χ2n) is 5.86. The predicted molar refractivity (Wildman–Crippen MR) is 88.5 cm³/mol. The number of hydrogen-bond acceptors (Lipinski definition) is 7. The molecule has 0 radical (unpaired) electrons. The summed E-state index contributed by atoms with van der Waals surface area (Å²) in [6, 6.07) is 3.79. The van der Waals surface area contributed by atoms with Gasteiger partial charge in [0.05, 0.1) is 34.9 Å². The number of ether oxygens (including phenoxy) is 1. The van der Waals surface area contributed by atoms with Crippen molar-refractivity contribution in [3.8, 4) is 6.07 Å². The number of hydrogen-bond donors (Lipinski definition) is 3. The van der Waals surface area contributed by atoms with Gasteiger partial charge in [0.1, 0.15) is 17.7 Å². The Morgan fingerprint density at radius 1 is 1.54 bits per heavy atom. The van der Waals surface area contributed by atoms with Gasteiger partial charge in [-0.3, -0.25) is 4.98 Å². The summed E-state index contributed by atoms with van der Waals surface area (Å²) in [6.45, 7) is 6.09. The third-order valence-electron chi connectivity index (χ3n) is 3.74. The van der Waals surface area contributed by atoms with Gasteiger partial charge in [-0.1, -0.05) is 0 Å². The van der Waals surface area contributed by atoms with E-state index in [-0.39, 0.29) is 18.1 Å². The maximum atomic E-state index is 12.3. The quantitative estimate of drug-likeness (QED) is 0.724. The third kappa shape index (κ3) is 2.67. The highest BCUT2D eigenvalue weighted by Gasteiger charge is 2.36. The van der Waals surface area contributed by atoms with Crippen LogP contribution in [0.2, 0.25) is 0 Å². The maximum Gasteiger partial charge on any atom is 0.341 e. The standard InChI is InChI=1S/C17H19N5O2/c1-4-24-17(23)11-8-20-15-14-12(5-10(6-18)7-19-14)22-16(15)13(11)21-9(2)3/h5,7-9,15,20-22H,4H2,1-3H3. The van der Waals surface area contributed by atoms with Crippen molar-refractivity contribution >= 4 is 11.7 Å². The molecule has 1 aromatic rings. The molecule has 3 rings (SSSR count). The fourth-order valence-corrected chi connectivity index (χ4v) is 2.79. The molecular formula is C17H19N5O2. The van der Waals surface area contributed by atoms with E-state index in [0.717, 1.165) is 17.1 Å². The minimum atomic E-state index is -0.387. The number of fused-ring (bicyclic) bond motifs is 3. The highest BCUT2D eigenvalue weighted by Crippen LogP contribution is 2.40. The number of rotatable bonds is 4. The first-order valence-electron chi connectivity index (χ1n) is 7.86. The first-order chi connectivity index (χ1) is 11.5. The van der Waals surface area contributed by atoms with Gasteiger partial charge in [-0.15, -0.1) is 0 Å². The molecule has 0 spiro atoms. The minimum absolute atomic E-state index is 0.136. The molecule has 0 aliphatic carbocycles. The van der Waals surface area contributed by atoms with Crippen LogP contribution < -0.4 is 16.0 Å². The summed E-state index contributed by atoms with van der Waals surface area (Å²) < 4.78 is 5.15. The van der Waals surface area contributed by atoms with Crippen molar-refractivity contribution in [2.24, 2.45) is 0 Å². The normalized spacial score (nSPS) is 18.0. The van der Waals surface area contributed by atoms with E-state index in [4.69, 9.17) is 10.00 Å². The zero-order chi connectivity index (χ0) is 17.3. The molecule has 0 bridgehead atoms. The number of nitrogens with one attached hydrogen (secondary N) is 3. The van der Waals surface area contributed by atoms with Gasteiger partial charge in [-0.05, 0) is 26.8 Å². The maximum absolute atomic E-state index is 12.3. The smallest absolute Gasteiger partial charge is 0.341 e. The zero-order valence-corrected chi connectivity index (χ0v) is 13.8. The molecule has 0 fully saturated rings. The molecule has 3 N–H and O–H groups in total. The van der Waals surface area contributed by atoms with Crippen LogP contribution in [-0.4, -0.2) is 23.6 Å². The van der Waals surface area contributed by atoms with Crippen molar-refractivity contribution in [3.05, 3.63) is 46.7 Å². The molecule has 2 aliphatic rings. The average Bonchev–Trinajstić information content (AvgIpc) is 2.93. The number of carbonyl (C=O) groups excluding carboxylic acids is 1. The molecule has 24 heavy (non-hydrogen) atoms. The van der Waals surface area contributed by atoms with Crippen molar-refractivity contribution in [2.45, 2.75) is 32.9 Å². The Kier molecular flexibility index (Phi) is 4.13. The van der Waals surface area contributed by atoms with Gasteiger partial charge < -0.3 is 20.7 Å². The van der Waals surface area contributed by atoms with E-state index in [9.17, 15) is 4.79 Å². The van der Waals surface area contributed by atoms with Crippen LogP contribution in [0.5, 0.6) is 0 Å².